The summed E-state index contributed by atoms with van der Waals surface area (Å²) in [7, 11) is 3.18. The molecular formula is C23H23N3O3. The first-order valence-electron chi connectivity index (χ1n) is 9.37. The summed E-state index contributed by atoms with van der Waals surface area (Å²) >= 11 is 0. The van der Waals surface area contributed by atoms with E-state index in [0.717, 1.165) is 11.3 Å². The molecule has 6 heteroatoms. The molecule has 0 unspecified atom stereocenters. The molecule has 1 aromatic heterocycles. The number of methoxy groups -OCH3 is 2. The van der Waals surface area contributed by atoms with Crippen LogP contribution in [0.2, 0.25) is 0 Å². The average Bonchev–Trinajstić information content (AvgIpc) is 3.01. The first kappa shape index (κ1) is 18.8. The van der Waals surface area contributed by atoms with Crippen LogP contribution in [0.15, 0.2) is 54.7 Å². The Hall–Kier alpha value is -3.54. The Morgan fingerprint density at radius 3 is 2.59 bits per heavy atom. The summed E-state index contributed by atoms with van der Waals surface area (Å²) < 4.78 is 10.9. The quantitative estimate of drug-likeness (QED) is 0.697. The number of anilines is 2. The predicted molar refractivity (Wildman–Crippen MR) is 113 cm³/mol. The number of aryl methyl sites for hydroxylation is 2. The van der Waals surface area contributed by atoms with Crippen molar-refractivity contribution in [3.63, 3.8) is 0 Å². The van der Waals surface area contributed by atoms with Gasteiger partial charge in [0.15, 0.2) is 6.17 Å². The molecule has 1 N–H and O–H groups in total. The van der Waals surface area contributed by atoms with E-state index < -0.39 is 6.17 Å². The largest absolute Gasteiger partial charge is 0.497 e. The summed E-state index contributed by atoms with van der Waals surface area (Å²) in [5, 5.41) is 3.51. The number of hydrogen-bond acceptors (Lipinski definition) is 5. The van der Waals surface area contributed by atoms with Crippen LogP contribution < -0.4 is 19.7 Å². The molecule has 1 atom stereocenters. The average molecular weight is 389 g/mol. The van der Waals surface area contributed by atoms with Gasteiger partial charge in [-0.05, 0) is 49.7 Å². The number of nitrogens with zero attached hydrogens (tertiary/aromatic N) is 2. The van der Waals surface area contributed by atoms with Gasteiger partial charge in [0.25, 0.3) is 5.91 Å². The number of amides is 1. The molecule has 2 heterocycles. The van der Waals surface area contributed by atoms with Gasteiger partial charge in [-0.1, -0.05) is 17.7 Å². The van der Waals surface area contributed by atoms with E-state index in [-0.39, 0.29) is 5.91 Å². The maximum atomic E-state index is 13.4. The smallest absolute Gasteiger partial charge is 0.262 e. The normalized spacial score (nSPS) is 15.2. The van der Waals surface area contributed by atoms with E-state index in [4.69, 9.17) is 9.47 Å². The molecule has 2 aromatic carbocycles. The molecular weight excluding hydrogens is 366 g/mol. The number of pyridine rings is 1. The van der Waals surface area contributed by atoms with Crippen molar-refractivity contribution in [2.75, 3.05) is 24.4 Å². The Bertz CT molecular complexity index is 1080. The Labute approximate surface area is 170 Å². The van der Waals surface area contributed by atoms with Crippen LogP contribution in [0.5, 0.6) is 11.5 Å². The van der Waals surface area contributed by atoms with Crippen molar-refractivity contribution in [2.24, 2.45) is 0 Å². The number of carbonyl (C=O) groups is 1. The number of carbonyl (C=O) groups excluding carboxylic acids is 1. The number of nitrogens with one attached hydrogen (secondary N) is 1. The van der Waals surface area contributed by atoms with Crippen molar-refractivity contribution in [3.05, 3.63) is 77.1 Å². The summed E-state index contributed by atoms with van der Waals surface area (Å²) in [6, 6.07) is 15.2. The van der Waals surface area contributed by atoms with Gasteiger partial charge in [0.05, 0.1) is 31.2 Å². The zero-order chi connectivity index (χ0) is 20.5. The summed E-state index contributed by atoms with van der Waals surface area (Å²) in [5.74, 6) is 1.09. The number of hydrogen-bond donors (Lipinski definition) is 1. The third-order valence-corrected chi connectivity index (χ3v) is 5.12. The molecule has 0 saturated heterocycles. The second-order valence-electron chi connectivity index (χ2n) is 7.01. The summed E-state index contributed by atoms with van der Waals surface area (Å²) in [4.78, 5) is 19.5. The van der Waals surface area contributed by atoms with E-state index in [2.05, 4.69) is 23.3 Å². The minimum Gasteiger partial charge on any atom is -0.497 e. The lowest BCUT2D eigenvalue weighted by atomic mass is 10.1. The topological polar surface area (TPSA) is 63.7 Å². The van der Waals surface area contributed by atoms with E-state index in [0.29, 0.717) is 28.4 Å². The fourth-order valence-corrected chi connectivity index (χ4v) is 3.67. The molecule has 3 aromatic rings. The zero-order valence-corrected chi connectivity index (χ0v) is 16.9. The van der Waals surface area contributed by atoms with E-state index in [1.807, 2.05) is 19.1 Å². The van der Waals surface area contributed by atoms with Crippen molar-refractivity contribution in [2.45, 2.75) is 20.0 Å². The van der Waals surface area contributed by atoms with Gasteiger partial charge in [-0.25, -0.2) is 0 Å². The van der Waals surface area contributed by atoms with Crippen LogP contribution in [0.1, 0.15) is 33.3 Å². The highest BCUT2D eigenvalue weighted by Gasteiger charge is 2.40. The number of rotatable bonds is 5. The minimum atomic E-state index is -0.471. The maximum Gasteiger partial charge on any atom is 0.262 e. The minimum absolute atomic E-state index is 0.137. The number of aromatic nitrogens is 1. The van der Waals surface area contributed by atoms with Gasteiger partial charge < -0.3 is 14.8 Å². The second-order valence-corrected chi connectivity index (χ2v) is 7.01. The highest BCUT2D eigenvalue weighted by Crippen LogP contribution is 2.42. The van der Waals surface area contributed by atoms with E-state index >= 15 is 0 Å². The molecule has 29 heavy (non-hydrogen) atoms. The molecule has 1 aliphatic heterocycles. The molecule has 0 fully saturated rings. The van der Waals surface area contributed by atoms with Crippen molar-refractivity contribution in [1.29, 1.82) is 0 Å². The first-order chi connectivity index (χ1) is 14.0. The third-order valence-electron chi connectivity index (χ3n) is 5.12. The van der Waals surface area contributed by atoms with Crippen LogP contribution >= 0.6 is 0 Å². The number of fused-ring (bicyclic) bond motifs is 1. The Balaban J connectivity index is 1.85. The molecule has 0 aliphatic carbocycles. The van der Waals surface area contributed by atoms with Crippen molar-refractivity contribution >= 4 is 17.3 Å². The molecule has 4 rings (SSSR count). The SMILES string of the molecule is COc1ccc(OC)c(N2C(=O)c3cccnc3[C@@H]2Nc2ccc(C)cc2C)c1. The fraction of sp³-hybridized carbons (Fsp3) is 0.217. The summed E-state index contributed by atoms with van der Waals surface area (Å²) in [6.45, 7) is 4.10. The molecule has 6 nitrogen and oxygen atoms in total. The van der Waals surface area contributed by atoms with Gasteiger partial charge in [0.2, 0.25) is 0 Å². The van der Waals surface area contributed by atoms with Gasteiger partial charge in [0, 0.05) is 18.0 Å². The highest BCUT2D eigenvalue weighted by molar-refractivity contribution is 6.11. The molecule has 0 radical (unpaired) electrons. The highest BCUT2D eigenvalue weighted by atomic mass is 16.5. The fourth-order valence-electron chi connectivity index (χ4n) is 3.67. The van der Waals surface area contributed by atoms with Crippen LogP contribution in [0.25, 0.3) is 0 Å². The van der Waals surface area contributed by atoms with Crippen molar-refractivity contribution in [3.8, 4) is 11.5 Å². The van der Waals surface area contributed by atoms with Gasteiger partial charge in [0.1, 0.15) is 11.5 Å². The number of benzene rings is 2. The Morgan fingerprint density at radius 1 is 1.03 bits per heavy atom. The second kappa shape index (κ2) is 7.47. The van der Waals surface area contributed by atoms with Gasteiger partial charge in [-0.2, -0.15) is 0 Å². The van der Waals surface area contributed by atoms with Crippen LogP contribution in [-0.2, 0) is 0 Å². The zero-order valence-electron chi connectivity index (χ0n) is 16.9. The van der Waals surface area contributed by atoms with E-state index in [1.54, 1.807) is 55.6 Å². The van der Waals surface area contributed by atoms with Crippen LogP contribution in [0.3, 0.4) is 0 Å². The summed E-state index contributed by atoms with van der Waals surface area (Å²) in [6.07, 6.45) is 1.23. The van der Waals surface area contributed by atoms with E-state index in [9.17, 15) is 4.79 Å². The lowest BCUT2D eigenvalue weighted by Gasteiger charge is -2.28. The molecule has 0 spiro atoms. The predicted octanol–water partition coefficient (Wildman–Crippen LogP) is 4.49. The molecule has 1 amide bonds. The standard InChI is InChI=1S/C23H23N3O3/c1-14-7-9-18(15(2)12-14)25-22-21-17(6-5-11-24-21)23(27)26(22)19-13-16(28-3)8-10-20(19)29-4/h5-13,22,25H,1-4H3/t22-/m1/s1. The first-order valence-corrected chi connectivity index (χ1v) is 9.37. The lowest BCUT2D eigenvalue weighted by Crippen LogP contribution is -2.33. The lowest BCUT2D eigenvalue weighted by molar-refractivity contribution is 0.0992. The maximum absolute atomic E-state index is 13.4. The van der Waals surface area contributed by atoms with Crippen molar-refractivity contribution < 1.29 is 14.3 Å². The van der Waals surface area contributed by atoms with Gasteiger partial charge >= 0.3 is 0 Å². The van der Waals surface area contributed by atoms with Crippen LogP contribution in [0, 0.1) is 13.8 Å². The molecule has 148 valence electrons. The monoisotopic (exact) mass is 389 g/mol. The Morgan fingerprint density at radius 2 is 1.86 bits per heavy atom. The van der Waals surface area contributed by atoms with Crippen LogP contribution in [-0.4, -0.2) is 25.1 Å². The van der Waals surface area contributed by atoms with Gasteiger partial charge in [-0.15, -0.1) is 0 Å². The summed E-state index contributed by atoms with van der Waals surface area (Å²) in [5.41, 5.74) is 5.10. The van der Waals surface area contributed by atoms with Gasteiger partial charge in [-0.3, -0.25) is 14.7 Å². The number of ether oxygens (including phenoxy) is 2. The molecule has 0 saturated carbocycles. The molecule has 0 bridgehead atoms. The van der Waals surface area contributed by atoms with E-state index in [1.165, 1.54) is 5.56 Å². The Kier molecular flexibility index (Phi) is 4.84. The third kappa shape index (κ3) is 3.27. The molecule has 1 aliphatic rings. The van der Waals surface area contributed by atoms with Crippen LogP contribution in [0.4, 0.5) is 11.4 Å². The van der Waals surface area contributed by atoms with Crippen molar-refractivity contribution in [1.82, 2.24) is 4.98 Å².